The third-order valence-corrected chi connectivity index (χ3v) is 6.84. The van der Waals surface area contributed by atoms with Crippen LogP contribution in [0.1, 0.15) is 75.3 Å². The molecule has 1 saturated carbocycles. The molecule has 3 heteroatoms. The van der Waals surface area contributed by atoms with E-state index in [9.17, 15) is 4.79 Å². The van der Waals surface area contributed by atoms with Gasteiger partial charge in [-0.25, -0.2) is 0 Å². The second-order valence-corrected chi connectivity index (χ2v) is 8.84. The van der Waals surface area contributed by atoms with Crippen molar-refractivity contribution < 1.29 is 4.79 Å². The number of benzene rings is 1. The fraction of sp³-hybridized carbons (Fsp3) is 0.682. The van der Waals surface area contributed by atoms with E-state index in [1.54, 1.807) is 0 Å². The van der Waals surface area contributed by atoms with Gasteiger partial charge >= 0.3 is 0 Å². The summed E-state index contributed by atoms with van der Waals surface area (Å²) in [5.74, 6) is 1.92. The predicted octanol–water partition coefficient (Wildman–Crippen LogP) is 4.05. The molecular weight excluding hydrogens is 308 g/mol. The number of carbonyl (C=O) groups excluding carboxylic acids is 1. The first-order valence-corrected chi connectivity index (χ1v) is 10.2. The van der Waals surface area contributed by atoms with Gasteiger partial charge in [0.25, 0.3) is 0 Å². The van der Waals surface area contributed by atoms with Crippen LogP contribution < -0.4 is 5.32 Å². The number of nitrogens with zero attached hydrogens (tertiary/aromatic N) is 1. The smallest absolute Gasteiger partial charge is 0.225 e. The summed E-state index contributed by atoms with van der Waals surface area (Å²) in [5.41, 5.74) is 3.20. The zero-order valence-electron chi connectivity index (χ0n) is 15.8. The van der Waals surface area contributed by atoms with Gasteiger partial charge in [-0.3, -0.25) is 4.79 Å². The fourth-order valence-corrected chi connectivity index (χ4v) is 5.12. The number of amides is 1. The van der Waals surface area contributed by atoms with Gasteiger partial charge in [-0.05, 0) is 68.0 Å². The predicted molar refractivity (Wildman–Crippen MR) is 102 cm³/mol. The molecule has 1 spiro atoms. The van der Waals surface area contributed by atoms with Crippen LogP contribution >= 0.6 is 0 Å². The van der Waals surface area contributed by atoms with Gasteiger partial charge in [0, 0.05) is 24.5 Å². The topological polar surface area (TPSA) is 32.3 Å². The molecule has 1 aromatic carbocycles. The first-order chi connectivity index (χ1) is 12.1. The van der Waals surface area contributed by atoms with E-state index in [4.69, 9.17) is 0 Å². The molecule has 1 amide bonds. The summed E-state index contributed by atoms with van der Waals surface area (Å²) in [7, 11) is 0. The van der Waals surface area contributed by atoms with Crippen molar-refractivity contribution in [3.63, 3.8) is 0 Å². The molecule has 2 heterocycles. The maximum atomic E-state index is 12.8. The van der Waals surface area contributed by atoms with Crippen molar-refractivity contribution in [2.75, 3.05) is 19.6 Å². The highest BCUT2D eigenvalue weighted by Gasteiger charge is 2.49. The van der Waals surface area contributed by atoms with E-state index < -0.39 is 0 Å². The normalized spacial score (nSPS) is 30.0. The van der Waals surface area contributed by atoms with E-state index in [-0.39, 0.29) is 5.92 Å². The number of carbonyl (C=O) groups is 1. The van der Waals surface area contributed by atoms with Gasteiger partial charge in [-0.15, -0.1) is 0 Å². The van der Waals surface area contributed by atoms with Crippen molar-refractivity contribution in [3.8, 4) is 0 Å². The van der Waals surface area contributed by atoms with Gasteiger partial charge in [-0.2, -0.15) is 0 Å². The zero-order valence-corrected chi connectivity index (χ0v) is 15.8. The van der Waals surface area contributed by atoms with Crippen LogP contribution in [-0.4, -0.2) is 36.0 Å². The maximum Gasteiger partial charge on any atom is 0.225 e. The highest BCUT2D eigenvalue weighted by atomic mass is 16.2. The van der Waals surface area contributed by atoms with Crippen LogP contribution in [-0.2, 0) is 4.79 Å². The molecule has 3 fully saturated rings. The molecule has 3 nitrogen and oxygen atoms in total. The third kappa shape index (κ3) is 3.36. The Morgan fingerprint density at radius 3 is 2.40 bits per heavy atom. The Bertz CT molecular complexity index is 599. The van der Waals surface area contributed by atoms with Gasteiger partial charge in [0.1, 0.15) is 0 Å². The number of nitrogens with one attached hydrogen (secondary N) is 1. The quantitative estimate of drug-likeness (QED) is 0.900. The first kappa shape index (κ1) is 17.1. The summed E-state index contributed by atoms with van der Waals surface area (Å²) < 4.78 is 0. The lowest BCUT2D eigenvalue weighted by Crippen LogP contribution is -2.56. The van der Waals surface area contributed by atoms with Crippen LogP contribution in [0.4, 0.5) is 0 Å². The lowest BCUT2D eigenvalue weighted by molar-refractivity contribution is -0.142. The lowest BCUT2D eigenvalue weighted by atomic mass is 9.67. The van der Waals surface area contributed by atoms with Crippen LogP contribution in [0.5, 0.6) is 0 Å². The van der Waals surface area contributed by atoms with Crippen molar-refractivity contribution >= 4 is 5.91 Å². The Balaban J connectivity index is 1.29. The van der Waals surface area contributed by atoms with Gasteiger partial charge in [0.2, 0.25) is 5.91 Å². The summed E-state index contributed by atoms with van der Waals surface area (Å²) in [6.07, 6.45) is 6.92. The Morgan fingerprint density at radius 1 is 1.16 bits per heavy atom. The molecule has 1 aliphatic carbocycles. The molecular formula is C22H32N2O. The lowest BCUT2D eigenvalue weighted by Gasteiger charge is -2.47. The van der Waals surface area contributed by atoms with Gasteiger partial charge in [0.05, 0.1) is 0 Å². The largest absolute Gasteiger partial charge is 0.342 e. The molecule has 3 aliphatic rings. The highest BCUT2D eigenvalue weighted by molar-refractivity contribution is 5.80. The van der Waals surface area contributed by atoms with E-state index in [0.717, 1.165) is 45.3 Å². The molecule has 2 aliphatic heterocycles. The van der Waals surface area contributed by atoms with Crippen molar-refractivity contribution in [2.45, 2.75) is 69.7 Å². The third-order valence-electron chi connectivity index (χ3n) is 6.84. The summed E-state index contributed by atoms with van der Waals surface area (Å²) in [6, 6.07) is 9.16. The Hall–Kier alpha value is -1.35. The molecule has 0 bridgehead atoms. The SMILES string of the molecule is CC(C)c1ccc(C2CCN(C(=O)C3CC4(CCCN4)C3)CC2)cc1. The molecule has 1 N–H and O–H groups in total. The van der Waals surface area contributed by atoms with Crippen LogP contribution in [0.15, 0.2) is 24.3 Å². The molecule has 0 atom stereocenters. The van der Waals surface area contributed by atoms with Crippen molar-refractivity contribution in [3.05, 3.63) is 35.4 Å². The number of piperidine rings is 1. The first-order valence-electron chi connectivity index (χ1n) is 10.2. The molecule has 2 saturated heterocycles. The van der Waals surface area contributed by atoms with Crippen molar-refractivity contribution in [1.82, 2.24) is 10.2 Å². The minimum Gasteiger partial charge on any atom is -0.342 e. The molecule has 1 aromatic rings. The minimum absolute atomic E-state index is 0.285. The van der Waals surface area contributed by atoms with E-state index in [1.165, 1.54) is 24.0 Å². The zero-order chi connectivity index (χ0) is 17.4. The number of likely N-dealkylation sites (tertiary alicyclic amines) is 1. The monoisotopic (exact) mass is 340 g/mol. The van der Waals surface area contributed by atoms with Gasteiger partial charge in [-0.1, -0.05) is 38.1 Å². The summed E-state index contributed by atoms with van der Waals surface area (Å²) in [4.78, 5) is 14.9. The average Bonchev–Trinajstić information content (AvgIpc) is 3.10. The Labute approximate surface area is 152 Å². The fourth-order valence-electron chi connectivity index (χ4n) is 5.12. The molecule has 25 heavy (non-hydrogen) atoms. The van der Waals surface area contributed by atoms with Gasteiger partial charge in [0.15, 0.2) is 0 Å². The van der Waals surface area contributed by atoms with Crippen LogP contribution in [0.3, 0.4) is 0 Å². The molecule has 4 rings (SSSR count). The average molecular weight is 341 g/mol. The molecule has 0 radical (unpaired) electrons. The number of hydrogen-bond acceptors (Lipinski definition) is 2. The number of hydrogen-bond donors (Lipinski definition) is 1. The summed E-state index contributed by atoms with van der Waals surface area (Å²) in [5, 5.41) is 3.63. The van der Waals surface area contributed by atoms with Crippen molar-refractivity contribution in [1.29, 1.82) is 0 Å². The second kappa shape index (κ2) is 6.75. The van der Waals surface area contributed by atoms with E-state index in [0.29, 0.717) is 23.3 Å². The minimum atomic E-state index is 0.285. The second-order valence-electron chi connectivity index (χ2n) is 8.84. The maximum absolute atomic E-state index is 12.8. The highest BCUT2D eigenvalue weighted by Crippen LogP contribution is 2.44. The molecule has 136 valence electrons. The van der Waals surface area contributed by atoms with E-state index >= 15 is 0 Å². The summed E-state index contributed by atoms with van der Waals surface area (Å²) >= 11 is 0. The standard InChI is InChI=1S/C22H32N2O/c1-16(2)17-4-6-18(7-5-17)19-8-12-24(13-9-19)21(25)20-14-22(15-20)10-3-11-23-22/h4-7,16,19-20,23H,3,8-15H2,1-2H3. The van der Waals surface area contributed by atoms with Crippen LogP contribution in [0.2, 0.25) is 0 Å². The van der Waals surface area contributed by atoms with Gasteiger partial charge < -0.3 is 10.2 Å². The molecule has 0 unspecified atom stereocenters. The van der Waals surface area contributed by atoms with Crippen LogP contribution in [0, 0.1) is 5.92 Å². The Kier molecular flexibility index (Phi) is 4.61. The van der Waals surface area contributed by atoms with E-state index in [2.05, 4.69) is 48.3 Å². The van der Waals surface area contributed by atoms with Crippen molar-refractivity contribution in [2.24, 2.45) is 5.92 Å². The summed E-state index contributed by atoms with van der Waals surface area (Å²) in [6.45, 7) is 7.50. The Morgan fingerprint density at radius 2 is 1.84 bits per heavy atom. The number of rotatable bonds is 3. The van der Waals surface area contributed by atoms with E-state index in [1.807, 2.05) is 0 Å². The molecule has 0 aromatic heterocycles. The van der Waals surface area contributed by atoms with Crippen LogP contribution in [0.25, 0.3) is 0 Å².